The van der Waals surface area contributed by atoms with Gasteiger partial charge in [0.25, 0.3) is 15.9 Å². The number of rotatable bonds is 9. The summed E-state index contributed by atoms with van der Waals surface area (Å²) in [5.74, 6) is -0.0269. The zero-order valence-corrected chi connectivity index (χ0v) is 20.2. The number of nitrogens with one attached hydrogen (secondary N) is 2. The predicted octanol–water partition coefficient (Wildman–Crippen LogP) is 4.24. The van der Waals surface area contributed by atoms with Crippen LogP contribution in [-0.4, -0.2) is 47.0 Å². The molecule has 0 radical (unpaired) electrons. The van der Waals surface area contributed by atoms with Crippen molar-refractivity contribution >= 4 is 44.6 Å². The van der Waals surface area contributed by atoms with Crippen LogP contribution in [0.2, 0.25) is 5.02 Å². The lowest BCUT2D eigenvalue weighted by molar-refractivity contribution is 0.0942. The van der Waals surface area contributed by atoms with E-state index in [1.54, 1.807) is 29.5 Å². The molecule has 7 nitrogen and oxygen atoms in total. The van der Waals surface area contributed by atoms with Gasteiger partial charge in [-0.1, -0.05) is 23.7 Å². The number of methoxy groups -OCH3 is 1. The smallest absolute Gasteiger partial charge is 0.262 e. The third-order valence-electron chi connectivity index (χ3n) is 4.76. The number of thiophene rings is 1. The molecule has 3 aromatic rings. The molecule has 0 spiro atoms. The monoisotopic (exact) mass is 493 g/mol. The first-order valence-electron chi connectivity index (χ1n) is 9.65. The first-order valence-corrected chi connectivity index (χ1v) is 12.4. The van der Waals surface area contributed by atoms with Crippen molar-refractivity contribution in [1.82, 2.24) is 10.2 Å². The van der Waals surface area contributed by atoms with Crippen molar-refractivity contribution in [3.63, 3.8) is 0 Å². The molecule has 170 valence electrons. The summed E-state index contributed by atoms with van der Waals surface area (Å²) in [4.78, 5) is 15.9. The summed E-state index contributed by atoms with van der Waals surface area (Å²) in [5.41, 5.74) is 0.453. The molecule has 0 saturated heterocycles. The van der Waals surface area contributed by atoms with Crippen LogP contribution in [0.15, 0.2) is 64.9 Å². The van der Waals surface area contributed by atoms with Gasteiger partial charge in [0.15, 0.2) is 0 Å². The van der Waals surface area contributed by atoms with Crippen molar-refractivity contribution in [3.05, 3.63) is 75.4 Å². The van der Waals surface area contributed by atoms with Gasteiger partial charge < -0.3 is 15.0 Å². The maximum Gasteiger partial charge on any atom is 0.262 e. The third-order valence-corrected chi connectivity index (χ3v) is 7.34. The van der Waals surface area contributed by atoms with Gasteiger partial charge in [-0.25, -0.2) is 8.42 Å². The normalized spacial score (nSPS) is 12.4. The third kappa shape index (κ3) is 5.80. The molecule has 2 N–H and O–H groups in total. The molecule has 0 aliphatic carbocycles. The summed E-state index contributed by atoms with van der Waals surface area (Å²) < 4.78 is 33.5. The summed E-state index contributed by atoms with van der Waals surface area (Å²) in [7, 11) is 1.35. The largest absolute Gasteiger partial charge is 0.495 e. The van der Waals surface area contributed by atoms with Crippen LogP contribution >= 0.6 is 22.9 Å². The SMILES string of the molecule is COc1ccc(Cl)cc1NS(=O)(=O)c1cccc(C(=O)NCC(c2cccs2)N(C)C)c1. The van der Waals surface area contributed by atoms with Crippen LogP contribution in [0.1, 0.15) is 21.3 Å². The van der Waals surface area contributed by atoms with Gasteiger partial charge >= 0.3 is 0 Å². The zero-order valence-electron chi connectivity index (χ0n) is 17.8. The number of hydrogen-bond donors (Lipinski definition) is 2. The number of carbonyl (C=O) groups is 1. The van der Waals surface area contributed by atoms with Gasteiger partial charge in [0, 0.05) is 22.0 Å². The van der Waals surface area contributed by atoms with E-state index in [4.69, 9.17) is 16.3 Å². The number of likely N-dealkylation sites (N-methyl/N-ethyl adjacent to an activating group) is 1. The molecule has 32 heavy (non-hydrogen) atoms. The van der Waals surface area contributed by atoms with Crippen molar-refractivity contribution in [2.45, 2.75) is 10.9 Å². The Morgan fingerprint density at radius 3 is 2.59 bits per heavy atom. The number of benzene rings is 2. The maximum absolute atomic E-state index is 12.9. The van der Waals surface area contributed by atoms with E-state index in [9.17, 15) is 13.2 Å². The molecule has 3 rings (SSSR count). The van der Waals surface area contributed by atoms with Crippen LogP contribution in [-0.2, 0) is 10.0 Å². The molecule has 0 saturated carbocycles. The highest BCUT2D eigenvalue weighted by atomic mass is 35.5. The molecule has 1 aromatic heterocycles. The van der Waals surface area contributed by atoms with Crippen molar-refractivity contribution < 1.29 is 17.9 Å². The lowest BCUT2D eigenvalue weighted by Gasteiger charge is -2.23. The van der Waals surface area contributed by atoms with E-state index >= 15 is 0 Å². The van der Waals surface area contributed by atoms with E-state index in [0.29, 0.717) is 17.3 Å². The number of nitrogens with zero attached hydrogens (tertiary/aromatic N) is 1. The second-order valence-corrected chi connectivity index (χ2v) is 10.3. The Kier molecular flexibility index (Phi) is 7.78. The second kappa shape index (κ2) is 10.4. The van der Waals surface area contributed by atoms with Crippen molar-refractivity contribution in [2.75, 3.05) is 32.5 Å². The van der Waals surface area contributed by atoms with Gasteiger partial charge in [0.05, 0.1) is 23.7 Å². The minimum atomic E-state index is -3.97. The Hall–Kier alpha value is -2.59. The molecule has 1 atom stereocenters. The molecule has 0 bridgehead atoms. The fourth-order valence-corrected chi connectivity index (χ4v) is 5.28. The summed E-state index contributed by atoms with van der Waals surface area (Å²) in [6, 6.07) is 14.5. The lowest BCUT2D eigenvalue weighted by atomic mass is 10.2. The van der Waals surface area contributed by atoms with E-state index in [1.807, 2.05) is 36.5 Å². The molecule has 1 heterocycles. The van der Waals surface area contributed by atoms with Crippen LogP contribution in [0.5, 0.6) is 5.75 Å². The number of sulfonamides is 1. The van der Waals surface area contributed by atoms with Crippen LogP contribution < -0.4 is 14.8 Å². The van der Waals surface area contributed by atoms with Crippen LogP contribution in [0, 0.1) is 0 Å². The average Bonchev–Trinajstić information content (AvgIpc) is 3.28. The topological polar surface area (TPSA) is 87.7 Å². The number of ether oxygens (including phenoxy) is 1. The van der Waals surface area contributed by atoms with Crippen molar-refractivity contribution in [2.24, 2.45) is 0 Å². The lowest BCUT2D eigenvalue weighted by Crippen LogP contribution is -2.34. The van der Waals surface area contributed by atoms with E-state index in [1.165, 1.54) is 31.4 Å². The molecule has 1 amide bonds. The van der Waals surface area contributed by atoms with E-state index in [0.717, 1.165) is 4.88 Å². The number of anilines is 1. The van der Waals surface area contributed by atoms with Crippen LogP contribution in [0.3, 0.4) is 0 Å². The van der Waals surface area contributed by atoms with Gasteiger partial charge in [-0.05, 0) is 61.9 Å². The van der Waals surface area contributed by atoms with Crippen molar-refractivity contribution in [1.29, 1.82) is 0 Å². The Morgan fingerprint density at radius 1 is 1.16 bits per heavy atom. The molecular formula is C22H24ClN3O4S2. The van der Waals surface area contributed by atoms with Crippen LogP contribution in [0.25, 0.3) is 0 Å². The number of hydrogen-bond acceptors (Lipinski definition) is 6. The number of carbonyl (C=O) groups excluding carboxylic acids is 1. The first-order chi connectivity index (χ1) is 15.2. The van der Waals surface area contributed by atoms with Gasteiger partial charge in [0.2, 0.25) is 0 Å². The molecule has 10 heteroatoms. The Morgan fingerprint density at radius 2 is 1.94 bits per heavy atom. The minimum Gasteiger partial charge on any atom is -0.495 e. The highest BCUT2D eigenvalue weighted by Crippen LogP contribution is 2.30. The first kappa shape index (κ1) is 24.1. The fraction of sp³-hybridized carbons (Fsp3) is 0.227. The fourth-order valence-electron chi connectivity index (χ4n) is 3.08. The summed E-state index contributed by atoms with van der Waals surface area (Å²) in [6.45, 7) is 0.390. The molecule has 2 aromatic carbocycles. The number of amides is 1. The van der Waals surface area contributed by atoms with Gasteiger partial charge in [-0.3, -0.25) is 9.52 Å². The van der Waals surface area contributed by atoms with E-state index < -0.39 is 10.0 Å². The quantitative estimate of drug-likeness (QED) is 0.465. The van der Waals surface area contributed by atoms with Gasteiger partial charge in [-0.2, -0.15) is 0 Å². The highest BCUT2D eigenvalue weighted by molar-refractivity contribution is 7.92. The average molecular weight is 494 g/mol. The summed E-state index contributed by atoms with van der Waals surface area (Å²) in [5, 5.41) is 5.25. The van der Waals surface area contributed by atoms with E-state index in [2.05, 4.69) is 10.0 Å². The van der Waals surface area contributed by atoms with Crippen molar-refractivity contribution in [3.8, 4) is 5.75 Å². The van der Waals surface area contributed by atoms with Crippen LogP contribution in [0.4, 0.5) is 5.69 Å². The Bertz CT molecular complexity index is 1180. The molecule has 0 aliphatic rings. The summed E-state index contributed by atoms with van der Waals surface area (Å²) >= 11 is 7.61. The highest BCUT2D eigenvalue weighted by Gasteiger charge is 2.20. The zero-order chi connectivity index (χ0) is 23.3. The molecular weight excluding hydrogens is 470 g/mol. The minimum absolute atomic E-state index is 0.0165. The molecule has 0 fully saturated rings. The van der Waals surface area contributed by atoms with Gasteiger partial charge in [-0.15, -0.1) is 11.3 Å². The maximum atomic E-state index is 12.9. The number of halogens is 1. The molecule has 1 unspecified atom stereocenters. The second-order valence-electron chi connectivity index (χ2n) is 7.18. The molecule has 0 aliphatic heterocycles. The van der Waals surface area contributed by atoms with E-state index in [-0.39, 0.29) is 28.1 Å². The standard InChI is InChI=1S/C22H24ClN3O4S2/c1-26(2)19(21-8-5-11-31-21)14-24-22(27)15-6-4-7-17(12-15)32(28,29)25-18-13-16(23)9-10-20(18)30-3/h4-13,19,25H,14H2,1-3H3,(H,24,27). The predicted molar refractivity (Wildman–Crippen MR) is 128 cm³/mol. The van der Waals surface area contributed by atoms with Gasteiger partial charge in [0.1, 0.15) is 5.75 Å². The summed E-state index contributed by atoms with van der Waals surface area (Å²) in [6.07, 6.45) is 0. The Balaban J connectivity index is 1.77. The Labute approximate surface area is 197 Å².